The van der Waals surface area contributed by atoms with E-state index in [4.69, 9.17) is 5.11 Å². The smallest absolute Gasteiger partial charge is 0.0965 e. The van der Waals surface area contributed by atoms with Crippen molar-refractivity contribution < 1.29 is 10.2 Å². The zero-order valence-electron chi connectivity index (χ0n) is 8.35. The normalized spacial score (nSPS) is 15.1. The van der Waals surface area contributed by atoms with Crippen molar-refractivity contribution in [3.05, 3.63) is 35.9 Å². The molecule has 0 saturated carbocycles. The number of likely N-dealkylation sites (N-methyl/N-ethyl adjacent to an activating group) is 1. The second kappa shape index (κ2) is 5.75. The van der Waals surface area contributed by atoms with Gasteiger partial charge < -0.3 is 15.5 Å². The molecular weight excluding hydrogens is 178 g/mol. The predicted molar refractivity (Wildman–Crippen MR) is 56.0 cm³/mol. The van der Waals surface area contributed by atoms with Crippen LogP contribution in [0.15, 0.2) is 30.3 Å². The second-order valence-corrected chi connectivity index (χ2v) is 3.20. The van der Waals surface area contributed by atoms with Gasteiger partial charge in [-0.15, -0.1) is 0 Å². The van der Waals surface area contributed by atoms with E-state index in [-0.39, 0.29) is 12.6 Å². The highest BCUT2D eigenvalue weighted by Crippen LogP contribution is 2.15. The lowest BCUT2D eigenvalue weighted by Crippen LogP contribution is -2.37. The van der Waals surface area contributed by atoms with Gasteiger partial charge in [0.2, 0.25) is 0 Å². The molecule has 2 atom stereocenters. The lowest BCUT2D eigenvalue weighted by molar-refractivity contribution is 0.0911. The summed E-state index contributed by atoms with van der Waals surface area (Å²) >= 11 is 0. The summed E-state index contributed by atoms with van der Waals surface area (Å²) in [7, 11) is 0. The summed E-state index contributed by atoms with van der Waals surface area (Å²) in [6, 6.07) is 9.06. The van der Waals surface area contributed by atoms with Crippen LogP contribution < -0.4 is 5.32 Å². The average molecular weight is 195 g/mol. The lowest BCUT2D eigenvalue weighted by Gasteiger charge is -2.21. The first-order chi connectivity index (χ1) is 6.79. The summed E-state index contributed by atoms with van der Waals surface area (Å²) in [5, 5.41) is 22.0. The van der Waals surface area contributed by atoms with E-state index in [0.717, 1.165) is 12.1 Å². The van der Waals surface area contributed by atoms with Gasteiger partial charge in [-0.3, -0.25) is 0 Å². The third-order valence-electron chi connectivity index (χ3n) is 2.19. The Morgan fingerprint density at radius 1 is 1.29 bits per heavy atom. The van der Waals surface area contributed by atoms with Crippen molar-refractivity contribution in [1.29, 1.82) is 0 Å². The number of hydrogen-bond donors (Lipinski definition) is 3. The van der Waals surface area contributed by atoms with E-state index in [1.165, 1.54) is 0 Å². The molecule has 0 saturated heterocycles. The average Bonchev–Trinajstić information content (AvgIpc) is 2.26. The molecule has 0 aromatic heterocycles. The van der Waals surface area contributed by atoms with Crippen LogP contribution in [0.1, 0.15) is 18.6 Å². The third-order valence-corrected chi connectivity index (χ3v) is 2.19. The van der Waals surface area contributed by atoms with Crippen LogP contribution in [0.5, 0.6) is 0 Å². The molecule has 0 heterocycles. The number of hydrogen-bond acceptors (Lipinski definition) is 3. The van der Waals surface area contributed by atoms with E-state index in [2.05, 4.69) is 5.32 Å². The standard InChI is InChI=1S/C11H17NO2/c1-2-12-10(8-13)11(14)9-6-4-3-5-7-9/h3-7,10-14H,2,8H2,1H3/t10-,11-/m0/s1. The third kappa shape index (κ3) is 2.80. The largest absolute Gasteiger partial charge is 0.395 e. The molecule has 0 radical (unpaired) electrons. The van der Waals surface area contributed by atoms with Crippen molar-refractivity contribution in [2.24, 2.45) is 0 Å². The van der Waals surface area contributed by atoms with Gasteiger partial charge in [-0.05, 0) is 12.1 Å². The van der Waals surface area contributed by atoms with Crippen LogP contribution in [-0.2, 0) is 0 Å². The number of aliphatic hydroxyl groups excluding tert-OH is 2. The minimum atomic E-state index is -0.652. The Labute approximate surface area is 84.4 Å². The van der Waals surface area contributed by atoms with E-state index in [1.807, 2.05) is 37.3 Å². The van der Waals surface area contributed by atoms with Crippen LogP contribution in [0.4, 0.5) is 0 Å². The first-order valence-corrected chi connectivity index (χ1v) is 4.86. The molecule has 0 aliphatic rings. The van der Waals surface area contributed by atoms with E-state index < -0.39 is 6.10 Å². The van der Waals surface area contributed by atoms with E-state index in [0.29, 0.717) is 0 Å². The van der Waals surface area contributed by atoms with Crippen LogP contribution in [0.25, 0.3) is 0 Å². The summed E-state index contributed by atoms with van der Waals surface area (Å²) in [5.41, 5.74) is 0.826. The summed E-state index contributed by atoms with van der Waals surface area (Å²) < 4.78 is 0. The molecule has 3 nitrogen and oxygen atoms in total. The zero-order chi connectivity index (χ0) is 10.4. The van der Waals surface area contributed by atoms with Gasteiger partial charge in [0.25, 0.3) is 0 Å². The first kappa shape index (κ1) is 11.2. The minimum absolute atomic E-state index is 0.0656. The number of rotatable bonds is 5. The molecule has 3 N–H and O–H groups in total. The molecule has 78 valence electrons. The van der Waals surface area contributed by atoms with Gasteiger partial charge in [0.15, 0.2) is 0 Å². The van der Waals surface area contributed by atoms with Crippen molar-refractivity contribution in [3.8, 4) is 0 Å². The number of nitrogens with one attached hydrogen (secondary N) is 1. The highest BCUT2D eigenvalue weighted by molar-refractivity contribution is 5.18. The van der Waals surface area contributed by atoms with Crippen molar-refractivity contribution in [2.75, 3.05) is 13.2 Å². The Bertz CT molecular complexity index is 251. The maximum Gasteiger partial charge on any atom is 0.0965 e. The molecule has 0 aliphatic carbocycles. The highest BCUT2D eigenvalue weighted by Gasteiger charge is 2.18. The van der Waals surface area contributed by atoms with Crippen molar-refractivity contribution >= 4 is 0 Å². The van der Waals surface area contributed by atoms with Gasteiger partial charge in [0, 0.05) is 0 Å². The lowest BCUT2D eigenvalue weighted by atomic mass is 10.0. The fourth-order valence-corrected chi connectivity index (χ4v) is 1.42. The van der Waals surface area contributed by atoms with Gasteiger partial charge >= 0.3 is 0 Å². The Balaban J connectivity index is 2.67. The van der Waals surface area contributed by atoms with Crippen molar-refractivity contribution in [2.45, 2.75) is 19.1 Å². The summed E-state index contributed by atoms with van der Waals surface area (Å²) in [5.74, 6) is 0. The fourth-order valence-electron chi connectivity index (χ4n) is 1.42. The fraction of sp³-hybridized carbons (Fsp3) is 0.455. The Morgan fingerprint density at radius 3 is 2.43 bits per heavy atom. The monoisotopic (exact) mass is 195 g/mol. The molecule has 1 rings (SSSR count). The molecular formula is C11H17NO2. The minimum Gasteiger partial charge on any atom is -0.395 e. The molecule has 0 bridgehead atoms. The van der Waals surface area contributed by atoms with E-state index >= 15 is 0 Å². The second-order valence-electron chi connectivity index (χ2n) is 3.20. The maximum atomic E-state index is 9.89. The summed E-state index contributed by atoms with van der Waals surface area (Å²) in [6.07, 6.45) is -0.652. The molecule has 0 unspecified atom stereocenters. The highest BCUT2D eigenvalue weighted by atomic mass is 16.3. The molecule has 1 aromatic rings. The topological polar surface area (TPSA) is 52.5 Å². The number of benzene rings is 1. The van der Waals surface area contributed by atoms with Gasteiger partial charge in [0.1, 0.15) is 0 Å². The SMILES string of the molecule is CCN[C@@H](CO)[C@@H](O)c1ccccc1. The summed E-state index contributed by atoms with van der Waals surface area (Å²) in [4.78, 5) is 0. The molecule has 3 heteroatoms. The van der Waals surface area contributed by atoms with Crippen molar-refractivity contribution in [3.63, 3.8) is 0 Å². The van der Waals surface area contributed by atoms with Gasteiger partial charge in [-0.1, -0.05) is 37.3 Å². The molecule has 1 aromatic carbocycles. The van der Waals surface area contributed by atoms with Crippen LogP contribution in [0.2, 0.25) is 0 Å². The van der Waals surface area contributed by atoms with Crippen LogP contribution in [-0.4, -0.2) is 29.4 Å². The Hall–Kier alpha value is -0.900. The van der Waals surface area contributed by atoms with E-state index in [9.17, 15) is 5.11 Å². The molecule has 0 fully saturated rings. The molecule has 0 amide bonds. The Morgan fingerprint density at radius 2 is 1.93 bits per heavy atom. The maximum absolute atomic E-state index is 9.89. The quantitative estimate of drug-likeness (QED) is 0.648. The van der Waals surface area contributed by atoms with Crippen LogP contribution in [0.3, 0.4) is 0 Å². The van der Waals surface area contributed by atoms with Gasteiger partial charge in [-0.25, -0.2) is 0 Å². The van der Waals surface area contributed by atoms with Crippen LogP contribution in [0, 0.1) is 0 Å². The van der Waals surface area contributed by atoms with E-state index in [1.54, 1.807) is 0 Å². The summed E-state index contributed by atoms with van der Waals surface area (Å²) in [6.45, 7) is 2.61. The Kier molecular flexibility index (Phi) is 4.59. The van der Waals surface area contributed by atoms with Gasteiger partial charge in [-0.2, -0.15) is 0 Å². The van der Waals surface area contributed by atoms with Gasteiger partial charge in [0.05, 0.1) is 18.8 Å². The van der Waals surface area contributed by atoms with Crippen LogP contribution >= 0.6 is 0 Å². The molecule has 0 spiro atoms. The molecule has 0 aliphatic heterocycles. The number of aliphatic hydroxyl groups is 2. The molecule has 14 heavy (non-hydrogen) atoms. The predicted octanol–water partition coefficient (Wildman–Crippen LogP) is 0.690. The van der Waals surface area contributed by atoms with Crippen molar-refractivity contribution in [1.82, 2.24) is 5.32 Å². The zero-order valence-corrected chi connectivity index (χ0v) is 8.35. The first-order valence-electron chi connectivity index (χ1n) is 4.86.